The van der Waals surface area contributed by atoms with E-state index in [9.17, 15) is 9.59 Å². The minimum Gasteiger partial charge on any atom is -0.467 e. The molecule has 8 heteroatoms. The third-order valence-electron chi connectivity index (χ3n) is 4.84. The molecule has 2 N–H and O–H groups in total. The van der Waals surface area contributed by atoms with Crippen LogP contribution in [0.5, 0.6) is 0 Å². The molecule has 0 aliphatic heterocycles. The number of amides is 1. The SMILES string of the molecule is COC(=O)[C@@H](Cc1c[nH]c2ccccc12)NC(=O)c1ccc(-n2cc(Br)cn2)cc1. The van der Waals surface area contributed by atoms with Crippen molar-refractivity contribution in [1.82, 2.24) is 20.1 Å². The molecule has 0 bridgehead atoms. The van der Waals surface area contributed by atoms with E-state index >= 15 is 0 Å². The Bertz CT molecular complexity index is 1200. The fourth-order valence-electron chi connectivity index (χ4n) is 3.31. The van der Waals surface area contributed by atoms with Gasteiger partial charge in [-0.15, -0.1) is 0 Å². The van der Waals surface area contributed by atoms with Crippen LogP contribution in [0.15, 0.2) is 71.6 Å². The average molecular weight is 467 g/mol. The number of aromatic nitrogens is 3. The molecule has 4 aromatic rings. The van der Waals surface area contributed by atoms with Crippen molar-refractivity contribution in [3.8, 4) is 5.69 Å². The van der Waals surface area contributed by atoms with Crippen LogP contribution in [0.3, 0.4) is 0 Å². The van der Waals surface area contributed by atoms with Crippen molar-refractivity contribution < 1.29 is 14.3 Å². The molecular weight excluding hydrogens is 448 g/mol. The molecule has 1 atom stereocenters. The molecule has 152 valence electrons. The maximum absolute atomic E-state index is 12.8. The lowest BCUT2D eigenvalue weighted by Crippen LogP contribution is -2.43. The van der Waals surface area contributed by atoms with Crippen LogP contribution in [0.25, 0.3) is 16.6 Å². The van der Waals surface area contributed by atoms with E-state index in [1.54, 1.807) is 35.1 Å². The van der Waals surface area contributed by atoms with Crippen LogP contribution in [0.4, 0.5) is 0 Å². The molecule has 0 spiro atoms. The van der Waals surface area contributed by atoms with E-state index in [1.165, 1.54) is 7.11 Å². The number of nitrogens with zero attached hydrogens (tertiary/aromatic N) is 2. The van der Waals surface area contributed by atoms with Crippen molar-refractivity contribution in [3.05, 3.63) is 82.7 Å². The molecule has 2 heterocycles. The van der Waals surface area contributed by atoms with E-state index in [0.717, 1.165) is 26.6 Å². The number of para-hydroxylation sites is 1. The molecule has 0 aliphatic carbocycles. The van der Waals surface area contributed by atoms with E-state index in [4.69, 9.17) is 4.74 Å². The predicted molar refractivity (Wildman–Crippen MR) is 117 cm³/mol. The van der Waals surface area contributed by atoms with Crippen LogP contribution in [-0.4, -0.2) is 39.8 Å². The summed E-state index contributed by atoms with van der Waals surface area (Å²) in [5, 5.41) is 8.02. The van der Waals surface area contributed by atoms with Crippen LogP contribution < -0.4 is 5.32 Å². The summed E-state index contributed by atoms with van der Waals surface area (Å²) in [5.41, 5.74) is 3.17. The zero-order chi connectivity index (χ0) is 21.1. The number of fused-ring (bicyclic) bond motifs is 1. The molecule has 0 saturated heterocycles. The first-order chi connectivity index (χ1) is 14.5. The van der Waals surface area contributed by atoms with Crippen molar-refractivity contribution in [2.45, 2.75) is 12.5 Å². The number of hydrogen-bond acceptors (Lipinski definition) is 4. The van der Waals surface area contributed by atoms with Gasteiger partial charge in [-0.3, -0.25) is 4.79 Å². The Morgan fingerprint density at radius 2 is 1.97 bits per heavy atom. The molecule has 30 heavy (non-hydrogen) atoms. The summed E-state index contributed by atoms with van der Waals surface area (Å²) in [5.74, 6) is -0.843. The van der Waals surface area contributed by atoms with Gasteiger partial charge in [0.1, 0.15) is 6.04 Å². The highest BCUT2D eigenvalue weighted by molar-refractivity contribution is 9.10. The zero-order valence-corrected chi connectivity index (χ0v) is 17.7. The fourth-order valence-corrected chi connectivity index (χ4v) is 3.59. The zero-order valence-electron chi connectivity index (χ0n) is 16.1. The Morgan fingerprint density at radius 1 is 1.20 bits per heavy atom. The molecular formula is C22H19BrN4O3. The lowest BCUT2D eigenvalue weighted by Gasteiger charge is -2.16. The van der Waals surface area contributed by atoms with Gasteiger partial charge in [-0.25, -0.2) is 9.48 Å². The van der Waals surface area contributed by atoms with E-state index in [0.29, 0.717) is 12.0 Å². The van der Waals surface area contributed by atoms with Gasteiger partial charge < -0.3 is 15.0 Å². The van der Waals surface area contributed by atoms with Gasteiger partial charge in [-0.05, 0) is 51.8 Å². The summed E-state index contributed by atoms with van der Waals surface area (Å²) in [6.45, 7) is 0. The number of carbonyl (C=O) groups is 2. The number of rotatable bonds is 6. The lowest BCUT2D eigenvalue weighted by atomic mass is 10.0. The standard InChI is InChI=1S/C22H19BrN4O3/c1-30-22(29)20(10-15-11-24-19-5-3-2-4-18(15)19)26-21(28)14-6-8-17(9-7-14)27-13-16(23)12-25-27/h2-9,11-13,20,24H,10H2,1H3,(H,26,28)/t20-/m1/s1. The highest BCUT2D eigenvalue weighted by Gasteiger charge is 2.24. The van der Waals surface area contributed by atoms with E-state index in [-0.39, 0.29) is 5.91 Å². The number of benzene rings is 2. The van der Waals surface area contributed by atoms with Crippen LogP contribution in [0, 0.1) is 0 Å². The molecule has 0 fully saturated rings. The molecule has 2 aromatic heterocycles. The van der Waals surface area contributed by atoms with Crippen molar-refractivity contribution in [2.75, 3.05) is 7.11 Å². The Morgan fingerprint density at radius 3 is 2.67 bits per heavy atom. The van der Waals surface area contributed by atoms with Crippen LogP contribution >= 0.6 is 15.9 Å². The number of halogens is 1. The number of ether oxygens (including phenoxy) is 1. The summed E-state index contributed by atoms with van der Waals surface area (Å²) in [6.07, 6.45) is 5.68. The lowest BCUT2D eigenvalue weighted by molar-refractivity contribution is -0.142. The maximum Gasteiger partial charge on any atom is 0.328 e. The number of H-pyrrole nitrogens is 1. The molecule has 0 unspecified atom stereocenters. The monoisotopic (exact) mass is 466 g/mol. The highest BCUT2D eigenvalue weighted by atomic mass is 79.9. The van der Waals surface area contributed by atoms with E-state index in [1.807, 2.05) is 36.7 Å². The molecule has 4 rings (SSSR count). The Kier molecular flexibility index (Phi) is 5.67. The molecule has 1 amide bonds. The average Bonchev–Trinajstić information content (AvgIpc) is 3.39. The van der Waals surface area contributed by atoms with E-state index < -0.39 is 12.0 Å². The fraction of sp³-hybridized carbons (Fsp3) is 0.136. The number of carbonyl (C=O) groups excluding carboxylic acids is 2. The largest absolute Gasteiger partial charge is 0.467 e. The summed E-state index contributed by atoms with van der Waals surface area (Å²) in [7, 11) is 1.31. The maximum atomic E-state index is 12.8. The number of aromatic amines is 1. The number of methoxy groups -OCH3 is 1. The van der Waals surface area contributed by atoms with Gasteiger partial charge in [0.2, 0.25) is 0 Å². The van der Waals surface area contributed by atoms with Gasteiger partial charge in [0, 0.05) is 35.3 Å². The summed E-state index contributed by atoms with van der Waals surface area (Å²) in [6, 6.07) is 14.0. The van der Waals surface area contributed by atoms with Crippen LogP contribution in [0.1, 0.15) is 15.9 Å². The second-order valence-electron chi connectivity index (χ2n) is 6.76. The number of hydrogen-bond donors (Lipinski definition) is 2. The Labute approximate surface area is 181 Å². The van der Waals surface area contributed by atoms with Gasteiger partial charge in [0.25, 0.3) is 5.91 Å². The molecule has 0 aliphatic rings. The molecule has 0 radical (unpaired) electrons. The summed E-state index contributed by atoms with van der Waals surface area (Å²) >= 11 is 3.36. The van der Waals surface area contributed by atoms with Crippen molar-refractivity contribution in [3.63, 3.8) is 0 Å². The van der Waals surface area contributed by atoms with Crippen LogP contribution in [-0.2, 0) is 16.0 Å². The van der Waals surface area contributed by atoms with Gasteiger partial charge >= 0.3 is 5.97 Å². The Hall–Kier alpha value is -3.39. The normalized spacial score (nSPS) is 11.9. The molecule has 2 aromatic carbocycles. The van der Waals surface area contributed by atoms with E-state index in [2.05, 4.69) is 31.3 Å². The van der Waals surface area contributed by atoms with Crippen molar-refractivity contribution in [2.24, 2.45) is 0 Å². The van der Waals surface area contributed by atoms with Crippen LogP contribution in [0.2, 0.25) is 0 Å². The highest BCUT2D eigenvalue weighted by Crippen LogP contribution is 2.20. The summed E-state index contributed by atoms with van der Waals surface area (Å²) in [4.78, 5) is 28.3. The first kappa shape index (κ1) is 19.9. The topological polar surface area (TPSA) is 89.0 Å². The quantitative estimate of drug-likeness (QED) is 0.424. The predicted octanol–water partition coefficient (Wildman–Crippen LogP) is 3.63. The van der Waals surface area contributed by atoms with Crippen molar-refractivity contribution in [1.29, 1.82) is 0 Å². The number of esters is 1. The summed E-state index contributed by atoms with van der Waals surface area (Å²) < 4.78 is 7.47. The first-order valence-electron chi connectivity index (χ1n) is 9.29. The second kappa shape index (κ2) is 8.54. The smallest absolute Gasteiger partial charge is 0.328 e. The minimum absolute atomic E-state index is 0.321. The van der Waals surface area contributed by atoms with Gasteiger partial charge in [-0.2, -0.15) is 5.10 Å². The van der Waals surface area contributed by atoms with Gasteiger partial charge in [0.05, 0.1) is 23.5 Å². The van der Waals surface area contributed by atoms with Crippen molar-refractivity contribution >= 4 is 38.7 Å². The number of nitrogens with one attached hydrogen (secondary N) is 2. The first-order valence-corrected chi connectivity index (χ1v) is 10.1. The molecule has 7 nitrogen and oxygen atoms in total. The van der Waals surface area contributed by atoms with Gasteiger partial charge in [0.15, 0.2) is 0 Å². The minimum atomic E-state index is -0.802. The second-order valence-corrected chi connectivity index (χ2v) is 7.68. The third-order valence-corrected chi connectivity index (χ3v) is 5.24. The van der Waals surface area contributed by atoms with Gasteiger partial charge in [-0.1, -0.05) is 18.2 Å². The Balaban J connectivity index is 1.51. The third kappa shape index (κ3) is 4.13. The molecule has 0 saturated carbocycles.